The minimum absolute atomic E-state index is 0.0702. The molecule has 1 saturated heterocycles. The summed E-state index contributed by atoms with van der Waals surface area (Å²) in [5.41, 5.74) is 0.0882. The maximum absolute atomic E-state index is 12.4. The van der Waals surface area contributed by atoms with E-state index in [0.29, 0.717) is 12.3 Å². The Kier molecular flexibility index (Phi) is 6.45. The Hall–Kier alpha value is -1.82. The van der Waals surface area contributed by atoms with Crippen molar-refractivity contribution in [1.29, 1.82) is 0 Å². The Morgan fingerprint density at radius 1 is 1.31 bits per heavy atom. The first-order chi connectivity index (χ1) is 15.2. The average molecular weight is 468 g/mol. The third-order valence-electron chi connectivity index (χ3n) is 7.26. The van der Waals surface area contributed by atoms with Crippen LogP contribution in [0.15, 0.2) is 18.5 Å². The molecule has 1 aromatic heterocycles. The highest BCUT2D eigenvalue weighted by Gasteiger charge is 2.60. The van der Waals surface area contributed by atoms with Crippen molar-refractivity contribution < 1.29 is 22.7 Å². The maximum atomic E-state index is 12.4. The standard InChI is InChI=1S/C21H33N5O5S/c1-14-10-17(24-32(28,29)25(2)3)18(26(14)20(27)30-4)13-31-16-6-7-21(12-15(21)11-16)19-22-8-5-9-23-19/h5,8-9,14-18,24H,6-7,10-13H2,1-4H3/t14-,15?,16?,17+,18+,21?/m1/s1. The molecule has 1 N–H and O–H groups in total. The van der Waals surface area contributed by atoms with Crippen molar-refractivity contribution in [3.8, 4) is 0 Å². The number of hydrogen-bond acceptors (Lipinski definition) is 7. The normalized spacial score (nSPS) is 34.4. The van der Waals surface area contributed by atoms with Crippen LogP contribution in [0.25, 0.3) is 0 Å². The van der Waals surface area contributed by atoms with Crippen LogP contribution in [-0.4, -0.2) is 85.7 Å². The van der Waals surface area contributed by atoms with Crippen molar-refractivity contribution in [1.82, 2.24) is 23.9 Å². The second kappa shape index (κ2) is 8.85. The SMILES string of the molecule is COC(=O)N1[C@H](C)C[C@H](NS(=O)(=O)N(C)C)[C@@H]1COC1CCC2(c3ncccn3)CC2C1. The monoisotopic (exact) mass is 467 g/mol. The minimum atomic E-state index is -3.64. The van der Waals surface area contributed by atoms with Gasteiger partial charge in [-0.2, -0.15) is 17.4 Å². The number of rotatable bonds is 7. The fourth-order valence-electron chi connectivity index (χ4n) is 5.38. The zero-order chi connectivity index (χ0) is 23.1. The molecule has 0 aromatic carbocycles. The molecule has 0 spiro atoms. The third-order valence-corrected chi connectivity index (χ3v) is 8.83. The van der Waals surface area contributed by atoms with E-state index in [-0.39, 0.29) is 24.2 Å². The van der Waals surface area contributed by atoms with Crippen LogP contribution in [-0.2, 0) is 25.1 Å². The summed E-state index contributed by atoms with van der Waals surface area (Å²) in [4.78, 5) is 23.0. The van der Waals surface area contributed by atoms with Gasteiger partial charge in [0.1, 0.15) is 5.82 Å². The van der Waals surface area contributed by atoms with Crippen molar-refractivity contribution >= 4 is 16.3 Å². The van der Waals surface area contributed by atoms with Crippen LogP contribution in [0.2, 0.25) is 0 Å². The number of hydrogen-bond donors (Lipinski definition) is 1. The van der Waals surface area contributed by atoms with Gasteiger partial charge in [0, 0.05) is 44.0 Å². The number of likely N-dealkylation sites (tertiary alicyclic amines) is 1. The van der Waals surface area contributed by atoms with Gasteiger partial charge in [0.2, 0.25) is 0 Å². The van der Waals surface area contributed by atoms with Gasteiger partial charge in [0.15, 0.2) is 0 Å². The van der Waals surface area contributed by atoms with Gasteiger partial charge in [0.05, 0.1) is 25.9 Å². The van der Waals surface area contributed by atoms with Gasteiger partial charge in [-0.05, 0) is 51.0 Å². The number of methoxy groups -OCH3 is 1. The van der Waals surface area contributed by atoms with Crippen LogP contribution in [0.1, 0.15) is 44.9 Å². The molecule has 1 aromatic rings. The van der Waals surface area contributed by atoms with E-state index in [1.54, 1.807) is 17.3 Å². The van der Waals surface area contributed by atoms with Gasteiger partial charge < -0.3 is 9.47 Å². The fraction of sp³-hybridized carbons (Fsp3) is 0.762. The highest BCUT2D eigenvalue weighted by Crippen LogP contribution is 2.61. The Bertz CT molecular complexity index is 930. The van der Waals surface area contributed by atoms with E-state index in [4.69, 9.17) is 9.47 Å². The van der Waals surface area contributed by atoms with Gasteiger partial charge in [-0.1, -0.05) is 0 Å². The topological polar surface area (TPSA) is 114 Å². The molecule has 10 nitrogen and oxygen atoms in total. The highest BCUT2D eigenvalue weighted by atomic mass is 32.2. The Morgan fingerprint density at radius 2 is 2.03 bits per heavy atom. The van der Waals surface area contributed by atoms with Gasteiger partial charge in [-0.3, -0.25) is 4.90 Å². The van der Waals surface area contributed by atoms with Crippen LogP contribution in [0, 0.1) is 5.92 Å². The molecular formula is C21H33N5O5S. The van der Waals surface area contributed by atoms with E-state index in [1.807, 2.05) is 13.0 Å². The van der Waals surface area contributed by atoms with Crippen molar-refractivity contribution in [2.45, 2.75) is 68.7 Å². The summed E-state index contributed by atoms with van der Waals surface area (Å²) in [5.74, 6) is 1.44. The van der Waals surface area contributed by atoms with Crippen molar-refractivity contribution in [3.05, 3.63) is 24.3 Å². The first-order valence-electron chi connectivity index (χ1n) is 11.1. The lowest BCUT2D eigenvalue weighted by atomic mass is 9.86. The second-order valence-electron chi connectivity index (χ2n) is 9.40. The van der Waals surface area contributed by atoms with Gasteiger partial charge in [-0.15, -0.1) is 0 Å². The zero-order valence-electron chi connectivity index (χ0n) is 19.1. The molecule has 4 rings (SSSR count). The number of amides is 1. The lowest BCUT2D eigenvalue weighted by Crippen LogP contribution is -2.52. The predicted octanol–water partition coefficient (Wildman–Crippen LogP) is 1.30. The van der Waals surface area contributed by atoms with Crippen LogP contribution in [0.4, 0.5) is 4.79 Å². The van der Waals surface area contributed by atoms with E-state index in [2.05, 4.69) is 14.7 Å². The number of carbonyl (C=O) groups is 1. The van der Waals surface area contributed by atoms with E-state index in [0.717, 1.165) is 35.8 Å². The first kappa shape index (κ1) is 23.3. The summed E-state index contributed by atoms with van der Waals surface area (Å²) < 4.78 is 40.0. The molecule has 2 aliphatic carbocycles. The molecule has 0 radical (unpaired) electrons. The number of nitrogens with one attached hydrogen (secondary N) is 1. The number of nitrogens with zero attached hydrogens (tertiary/aromatic N) is 4. The lowest BCUT2D eigenvalue weighted by Gasteiger charge is -2.33. The zero-order valence-corrected chi connectivity index (χ0v) is 19.9. The summed E-state index contributed by atoms with van der Waals surface area (Å²) >= 11 is 0. The Morgan fingerprint density at radius 3 is 2.66 bits per heavy atom. The maximum Gasteiger partial charge on any atom is 0.410 e. The minimum Gasteiger partial charge on any atom is -0.453 e. The van der Waals surface area contributed by atoms with Gasteiger partial charge in [0.25, 0.3) is 10.2 Å². The molecule has 1 amide bonds. The first-order valence-corrected chi connectivity index (χ1v) is 12.6. The fourth-order valence-corrected chi connectivity index (χ4v) is 6.22. The van der Waals surface area contributed by atoms with Crippen LogP contribution >= 0.6 is 0 Å². The molecule has 6 atom stereocenters. The highest BCUT2D eigenvalue weighted by molar-refractivity contribution is 7.87. The van der Waals surface area contributed by atoms with Crippen LogP contribution in [0.3, 0.4) is 0 Å². The Balaban J connectivity index is 1.41. The number of carbonyl (C=O) groups excluding carboxylic acids is 1. The molecule has 2 heterocycles. The average Bonchev–Trinajstić information content (AvgIpc) is 3.43. The van der Waals surface area contributed by atoms with Crippen molar-refractivity contribution in [2.75, 3.05) is 27.8 Å². The predicted molar refractivity (Wildman–Crippen MR) is 117 cm³/mol. The summed E-state index contributed by atoms with van der Waals surface area (Å²) in [7, 11) is 0.648. The molecule has 11 heteroatoms. The third kappa shape index (κ3) is 4.35. The smallest absolute Gasteiger partial charge is 0.410 e. The lowest BCUT2D eigenvalue weighted by molar-refractivity contribution is -0.0103. The van der Waals surface area contributed by atoms with E-state index >= 15 is 0 Å². The summed E-state index contributed by atoms with van der Waals surface area (Å²) in [6.45, 7) is 2.15. The number of aromatic nitrogens is 2. The molecule has 2 saturated carbocycles. The molecule has 178 valence electrons. The van der Waals surface area contributed by atoms with E-state index in [1.165, 1.54) is 21.2 Å². The van der Waals surface area contributed by atoms with E-state index < -0.39 is 28.4 Å². The van der Waals surface area contributed by atoms with Crippen molar-refractivity contribution in [3.63, 3.8) is 0 Å². The summed E-state index contributed by atoms with van der Waals surface area (Å²) in [6.07, 6.45) is 7.57. The number of ether oxygens (including phenoxy) is 2. The molecule has 1 aliphatic heterocycles. The molecule has 3 aliphatic rings. The largest absolute Gasteiger partial charge is 0.453 e. The van der Waals surface area contributed by atoms with Gasteiger partial charge in [-0.25, -0.2) is 14.8 Å². The quantitative estimate of drug-likeness (QED) is 0.643. The molecule has 3 fully saturated rings. The number of fused-ring (bicyclic) bond motifs is 1. The molecule has 32 heavy (non-hydrogen) atoms. The Labute approximate surface area is 189 Å². The van der Waals surface area contributed by atoms with E-state index in [9.17, 15) is 13.2 Å². The molecular weight excluding hydrogens is 434 g/mol. The molecule has 0 bridgehead atoms. The van der Waals surface area contributed by atoms with Gasteiger partial charge >= 0.3 is 6.09 Å². The summed E-state index contributed by atoms with van der Waals surface area (Å²) in [5, 5.41) is 0. The van der Waals surface area contributed by atoms with Crippen molar-refractivity contribution in [2.24, 2.45) is 5.92 Å². The second-order valence-corrected chi connectivity index (χ2v) is 11.3. The molecule has 3 unspecified atom stereocenters. The summed E-state index contributed by atoms with van der Waals surface area (Å²) in [6, 6.07) is 0.792. The van der Waals surface area contributed by atoms with Crippen LogP contribution in [0.5, 0.6) is 0 Å². The van der Waals surface area contributed by atoms with Crippen LogP contribution < -0.4 is 4.72 Å².